The highest BCUT2D eigenvalue weighted by Gasteiger charge is 2.32. The van der Waals surface area contributed by atoms with Crippen LogP contribution in [0.2, 0.25) is 10.0 Å². The Morgan fingerprint density at radius 1 is 1.21 bits per heavy atom. The minimum absolute atomic E-state index is 0.163. The van der Waals surface area contributed by atoms with Crippen LogP contribution in [0.15, 0.2) is 18.3 Å². The van der Waals surface area contributed by atoms with Gasteiger partial charge in [0.2, 0.25) is 0 Å². The Hall–Kier alpha value is -1.64. The summed E-state index contributed by atoms with van der Waals surface area (Å²) in [6.45, 7) is 0. The minimum atomic E-state index is -4.52. The highest BCUT2D eigenvalue weighted by molar-refractivity contribution is 6.39. The second-order valence-corrected chi connectivity index (χ2v) is 4.42. The van der Waals surface area contributed by atoms with Crippen LogP contribution in [-0.4, -0.2) is 10.2 Å². The Morgan fingerprint density at radius 3 is 2.26 bits per heavy atom. The average Bonchev–Trinajstić information content (AvgIpc) is 2.75. The standard InChI is InChI=1S/C12H5Cl2F3N2/c1-2-6-5-18-19-11(6)10-8(13)3-7(4-9(10)14)12(15,16)17/h1,3-5H,(H,18,19). The van der Waals surface area contributed by atoms with Gasteiger partial charge in [0.25, 0.3) is 0 Å². The number of benzene rings is 1. The summed E-state index contributed by atoms with van der Waals surface area (Å²) in [5.41, 5.74) is -0.149. The maximum Gasteiger partial charge on any atom is 0.416 e. The van der Waals surface area contributed by atoms with Gasteiger partial charge >= 0.3 is 6.18 Å². The second kappa shape index (κ2) is 4.80. The van der Waals surface area contributed by atoms with Crippen LogP contribution in [-0.2, 0) is 6.18 Å². The third-order valence-corrected chi connectivity index (χ3v) is 3.00. The van der Waals surface area contributed by atoms with Gasteiger partial charge in [-0.15, -0.1) is 6.42 Å². The van der Waals surface area contributed by atoms with Gasteiger partial charge in [-0.1, -0.05) is 29.1 Å². The lowest BCUT2D eigenvalue weighted by molar-refractivity contribution is -0.137. The highest BCUT2D eigenvalue weighted by Crippen LogP contribution is 2.40. The van der Waals surface area contributed by atoms with Crippen LogP contribution in [0, 0.1) is 12.3 Å². The van der Waals surface area contributed by atoms with E-state index in [1.54, 1.807) is 0 Å². The van der Waals surface area contributed by atoms with E-state index >= 15 is 0 Å². The van der Waals surface area contributed by atoms with Crippen molar-refractivity contribution in [3.63, 3.8) is 0 Å². The van der Waals surface area contributed by atoms with E-state index in [2.05, 4.69) is 16.1 Å². The van der Waals surface area contributed by atoms with Gasteiger partial charge < -0.3 is 0 Å². The van der Waals surface area contributed by atoms with Crippen molar-refractivity contribution in [2.75, 3.05) is 0 Å². The third-order valence-electron chi connectivity index (χ3n) is 2.40. The predicted molar refractivity (Wildman–Crippen MR) is 67.0 cm³/mol. The summed E-state index contributed by atoms with van der Waals surface area (Å²) in [5.74, 6) is 2.34. The molecular formula is C12H5Cl2F3N2. The first-order chi connectivity index (χ1) is 8.84. The number of aromatic nitrogens is 2. The zero-order valence-corrected chi connectivity index (χ0v) is 10.7. The van der Waals surface area contributed by atoms with Crippen molar-refractivity contribution in [3.8, 4) is 23.6 Å². The molecule has 19 heavy (non-hydrogen) atoms. The van der Waals surface area contributed by atoms with Gasteiger partial charge in [0.05, 0.1) is 21.2 Å². The summed E-state index contributed by atoms with van der Waals surface area (Å²) >= 11 is 11.7. The number of halogens is 5. The fourth-order valence-corrected chi connectivity index (χ4v) is 2.22. The molecule has 1 aromatic heterocycles. The molecule has 1 N–H and O–H groups in total. The molecule has 0 aliphatic heterocycles. The monoisotopic (exact) mass is 304 g/mol. The number of terminal acetylenes is 1. The van der Waals surface area contributed by atoms with Crippen LogP contribution in [0.4, 0.5) is 13.2 Å². The van der Waals surface area contributed by atoms with Gasteiger partial charge in [0.15, 0.2) is 0 Å². The van der Waals surface area contributed by atoms with Gasteiger partial charge in [0, 0.05) is 11.8 Å². The molecule has 0 bridgehead atoms. The van der Waals surface area contributed by atoms with Crippen molar-refractivity contribution < 1.29 is 13.2 Å². The average molecular weight is 305 g/mol. The summed E-state index contributed by atoms with van der Waals surface area (Å²) < 4.78 is 37.8. The highest BCUT2D eigenvalue weighted by atomic mass is 35.5. The fraction of sp³-hybridized carbons (Fsp3) is 0.0833. The van der Waals surface area contributed by atoms with Gasteiger partial charge in [0.1, 0.15) is 5.69 Å². The van der Waals surface area contributed by atoms with Crippen LogP contribution < -0.4 is 0 Å². The van der Waals surface area contributed by atoms with Crippen molar-refractivity contribution in [2.24, 2.45) is 0 Å². The van der Waals surface area contributed by atoms with E-state index < -0.39 is 11.7 Å². The molecule has 1 heterocycles. The number of nitrogens with one attached hydrogen (secondary N) is 1. The molecule has 1 aromatic carbocycles. The molecule has 0 fully saturated rings. The summed E-state index contributed by atoms with van der Waals surface area (Å²) in [6, 6.07) is 1.58. The number of nitrogens with zero attached hydrogens (tertiary/aromatic N) is 1. The van der Waals surface area contributed by atoms with E-state index in [0.29, 0.717) is 5.56 Å². The van der Waals surface area contributed by atoms with Gasteiger partial charge in [-0.05, 0) is 12.1 Å². The fourth-order valence-electron chi connectivity index (χ4n) is 1.55. The lowest BCUT2D eigenvalue weighted by Crippen LogP contribution is -2.05. The zero-order chi connectivity index (χ0) is 14.2. The molecule has 0 unspecified atom stereocenters. The van der Waals surface area contributed by atoms with Crippen molar-refractivity contribution >= 4 is 23.2 Å². The number of hydrogen-bond donors (Lipinski definition) is 1. The van der Waals surface area contributed by atoms with Gasteiger partial charge in [-0.25, -0.2) is 0 Å². The smallest absolute Gasteiger partial charge is 0.284 e. The Morgan fingerprint density at radius 2 is 1.79 bits per heavy atom. The Bertz CT molecular complexity index is 645. The number of hydrogen-bond acceptors (Lipinski definition) is 1. The Balaban J connectivity index is 2.65. The number of aromatic amines is 1. The molecule has 0 spiro atoms. The lowest BCUT2D eigenvalue weighted by atomic mass is 10.1. The summed E-state index contributed by atoms with van der Waals surface area (Å²) in [6.07, 6.45) is 2.16. The number of H-pyrrole nitrogens is 1. The summed E-state index contributed by atoms with van der Waals surface area (Å²) in [4.78, 5) is 0. The van der Waals surface area contributed by atoms with Gasteiger partial charge in [-0.3, -0.25) is 5.10 Å². The molecule has 0 atom stereocenters. The molecule has 7 heteroatoms. The van der Waals surface area contributed by atoms with Crippen molar-refractivity contribution in [1.82, 2.24) is 10.2 Å². The van der Waals surface area contributed by atoms with Crippen molar-refractivity contribution in [3.05, 3.63) is 39.5 Å². The van der Waals surface area contributed by atoms with E-state index in [0.717, 1.165) is 12.1 Å². The maximum absolute atomic E-state index is 12.6. The number of alkyl halides is 3. The molecule has 0 saturated carbocycles. The molecule has 2 rings (SSSR count). The van der Waals surface area contributed by atoms with Crippen LogP contribution >= 0.6 is 23.2 Å². The lowest BCUT2D eigenvalue weighted by Gasteiger charge is -2.11. The van der Waals surface area contributed by atoms with Crippen LogP contribution in [0.3, 0.4) is 0 Å². The zero-order valence-electron chi connectivity index (χ0n) is 9.15. The van der Waals surface area contributed by atoms with Crippen LogP contribution in [0.1, 0.15) is 11.1 Å². The third kappa shape index (κ3) is 2.55. The van der Waals surface area contributed by atoms with Crippen molar-refractivity contribution in [1.29, 1.82) is 0 Å². The molecule has 0 aliphatic rings. The normalized spacial score (nSPS) is 11.4. The molecule has 0 radical (unpaired) electrons. The molecular weight excluding hydrogens is 300 g/mol. The first kappa shape index (κ1) is 13.8. The quantitative estimate of drug-likeness (QED) is 0.778. The van der Waals surface area contributed by atoms with E-state index in [-0.39, 0.29) is 21.3 Å². The minimum Gasteiger partial charge on any atom is -0.284 e. The van der Waals surface area contributed by atoms with Crippen molar-refractivity contribution in [2.45, 2.75) is 6.18 Å². The molecule has 2 aromatic rings. The first-order valence-electron chi connectivity index (χ1n) is 4.91. The van der Waals surface area contributed by atoms with E-state index in [4.69, 9.17) is 29.6 Å². The molecule has 0 aliphatic carbocycles. The maximum atomic E-state index is 12.6. The number of rotatable bonds is 1. The van der Waals surface area contributed by atoms with Crippen LogP contribution in [0.25, 0.3) is 11.3 Å². The molecule has 0 amide bonds. The van der Waals surface area contributed by atoms with E-state index in [1.807, 2.05) is 0 Å². The molecule has 2 nitrogen and oxygen atoms in total. The van der Waals surface area contributed by atoms with Gasteiger partial charge in [-0.2, -0.15) is 18.3 Å². The van der Waals surface area contributed by atoms with E-state index in [1.165, 1.54) is 6.20 Å². The summed E-state index contributed by atoms with van der Waals surface area (Å²) in [5, 5.41) is 6.04. The Labute approximate surface area is 116 Å². The SMILES string of the molecule is C#Cc1c[nH]nc1-c1c(Cl)cc(C(F)(F)F)cc1Cl. The molecule has 0 saturated heterocycles. The van der Waals surface area contributed by atoms with Crippen LogP contribution in [0.5, 0.6) is 0 Å². The largest absolute Gasteiger partial charge is 0.416 e. The summed E-state index contributed by atoms with van der Waals surface area (Å²) in [7, 11) is 0. The predicted octanol–water partition coefficient (Wildman–Crippen LogP) is 4.38. The van der Waals surface area contributed by atoms with E-state index in [9.17, 15) is 13.2 Å². The Kier molecular flexibility index (Phi) is 3.48. The molecule has 98 valence electrons. The first-order valence-corrected chi connectivity index (χ1v) is 5.67. The second-order valence-electron chi connectivity index (χ2n) is 3.60. The topological polar surface area (TPSA) is 28.7 Å².